The van der Waals surface area contributed by atoms with Crippen LogP contribution >= 0.6 is 0 Å². The molecule has 0 bridgehead atoms. The van der Waals surface area contributed by atoms with Gasteiger partial charge in [-0.25, -0.2) is 15.0 Å². The van der Waals surface area contributed by atoms with Crippen molar-refractivity contribution in [3.63, 3.8) is 0 Å². The summed E-state index contributed by atoms with van der Waals surface area (Å²) in [5.41, 5.74) is 11.8. The van der Waals surface area contributed by atoms with Crippen LogP contribution in [-0.4, -0.2) is 62.5 Å². The van der Waals surface area contributed by atoms with Crippen LogP contribution in [0.25, 0.3) is 28.1 Å². The minimum Gasteiger partial charge on any atom is -0.384 e. The quantitative estimate of drug-likeness (QED) is 0.440. The number of likely N-dealkylation sites (N-methyl/N-ethyl adjacent to an activating group) is 1. The number of hydrogen-bond acceptors (Lipinski definition) is 6. The fourth-order valence-electron chi connectivity index (χ4n) is 4.16. The smallest absolute Gasteiger partial charge is 0.165 e. The molecule has 0 aliphatic carbocycles. The molecule has 7 nitrogen and oxygen atoms in total. The predicted molar refractivity (Wildman–Crippen MR) is 147 cm³/mol. The molecule has 186 valence electrons. The van der Waals surface area contributed by atoms with Gasteiger partial charge in [0.25, 0.3) is 0 Å². The molecule has 0 saturated carbocycles. The van der Waals surface area contributed by atoms with Gasteiger partial charge in [-0.1, -0.05) is 39.8 Å². The second-order valence-corrected chi connectivity index (χ2v) is 8.25. The molecule has 3 aromatic heterocycles. The van der Waals surface area contributed by atoms with Crippen molar-refractivity contribution in [2.45, 2.75) is 41.2 Å². The number of aryl methyl sites for hydroxylation is 1. The first-order chi connectivity index (χ1) is 17.1. The predicted octanol–water partition coefficient (Wildman–Crippen LogP) is 5.17. The van der Waals surface area contributed by atoms with E-state index in [1.54, 1.807) is 6.20 Å². The SMILES string of the molecule is CC.CC.Cc1nc2ccc(-c3ccnc(N)c3)nc2n1-c1ccc(CN2CCN(C)CC2)cc1. The Morgan fingerprint density at radius 2 is 1.54 bits per heavy atom. The number of piperazine rings is 1. The maximum Gasteiger partial charge on any atom is 0.165 e. The van der Waals surface area contributed by atoms with Gasteiger partial charge in [-0.3, -0.25) is 9.47 Å². The normalized spacial score (nSPS) is 14.1. The maximum absolute atomic E-state index is 5.86. The van der Waals surface area contributed by atoms with Gasteiger partial charge in [0, 0.05) is 50.2 Å². The van der Waals surface area contributed by atoms with Gasteiger partial charge in [0.2, 0.25) is 0 Å². The summed E-state index contributed by atoms with van der Waals surface area (Å²) in [5, 5.41) is 0. The fraction of sp³-hybridized carbons (Fsp3) is 0.393. The first-order valence-corrected chi connectivity index (χ1v) is 12.6. The number of aromatic nitrogens is 4. The molecule has 0 atom stereocenters. The van der Waals surface area contributed by atoms with E-state index in [2.05, 4.69) is 50.7 Å². The molecule has 2 N–H and O–H groups in total. The number of hydrogen-bond donors (Lipinski definition) is 1. The molecule has 35 heavy (non-hydrogen) atoms. The Balaban J connectivity index is 0.000000815. The third-order valence-electron chi connectivity index (χ3n) is 5.95. The van der Waals surface area contributed by atoms with Crippen molar-refractivity contribution in [1.29, 1.82) is 0 Å². The summed E-state index contributed by atoms with van der Waals surface area (Å²) in [6, 6.07) is 16.5. The van der Waals surface area contributed by atoms with Crippen LogP contribution in [0.1, 0.15) is 39.1 Å². The molecule has 4 aromatic rings. The lowest BCUT2D eigenvalue weighted by atomic mass is 10.1. The molecule has 1 aliphatic rings. The number of imidazole rings is 1. The standard InChI is InChI=1S/C24H27N7.2C2H6/c1-17-27-22-8-7-21(19-9-10-26-23(25)15-19)28-24(22)31(17)20-5-3-18(4-6-20)16-30-13-11-29(2)12-14-30;2*1-2/h3-10,15H,11-14,16H2,1-2H3,(H2,25,26);2*1-2H3. The first kappa shape index (κ1) is 26.3. The van der Waals surface area contributed by atoms with Gasteiger partial charge in [0.05, 0.1) is 5.69 Å². The lowest BCUT2D eigenvalue weighted by Gasteiger charge is -2.32. The van der Waals surface area contributed by atoms with E-state index in [1.807, 2.05) is 58.9 Å². The van der Waals surface area contributed by atoms with Crippen molar-refractivity contribution in [1.82, 2.24) is 29.3 Å². The third-order valence-corrected chi connectivity index (χ3v) is 5.95. The molecule has 0 amide bonds. The molecule has 4 heterocycles. The first-order valence-electron chi connectivity index (χ1n) is 12.6. The van der Waals surface area contributed by atoms with Crippen molar-refractivity contribution in [3.8, 4) is 16.9 Å². The van der Waals surface area contributed by atoms with E-state index in [0.29, 0.717) is 5.82 Å². The molecule has 5 rings (SSSR count). The zero-order valence-electron chi connectivity index (χ0n) is 22.0. The lowest BCUT2D eigenvalue weighted by molar-refractivity contribution is 0.148. The number of anilines is 1. The number of pyridine rings is 2. The van der Waals surface area contributed by atoms with Gasteiger partial charge in [-0.15, -0.1) is 0 Å². The summed E-state index contributed by atoms with van der Waals surface area (Å²) in [4.78, 5) is 18.6. The summed E-state index contributed by atoms with van der Waals surface area (Å²) >= 11 is 0. The van der Waals surface area contributed by atoms with Gasteiger partial charge in [0.15, 0.2) is 5.65 Å². The van der Waals surface area contributed by atoms with Crippen LogP contribution in [0.5, 0.6) is 0 Å². The van der Waals surface area contributed by atoms with E-state index in [-0.39, 0.29) is 0 Å². The summed E-state index contributed by atoms with van der Waals surface area (Å²) in [5.74, 6) is 1.40. The van der Waals surface area contributed by atoms with Gasteiger partial charge in [-0.05, 0) is 55.9 Å². The maximum atomic E-state index is 5.86. The van der Waals surface area contributed by atoms with E-state index in [9.17, 15) is 0 Å². The van der Waals surface area contributed by atoms with Crippen LogP contribution in [0, 0.1) is 6.92 Å². The molecule has 1 aromatic carbocycles. The highest BCUT2D eigenvalue weighted by molar-refractivity contribution is 5.78. The zero-order chi connectivity index (χ0) is 25.4. The molecule has 0 spiro atoms. The third kappa shape index (κ3) is 6.24. The second kappa shape index (κ2) is 12.4. The molecule has 0 radical (unpaired) electrons. The van der Waals surface area contributed by atoms with Gasteiger partial charge < -0.3 is 10.6 Å². The van der Waals surface area contributed by atoms with Crippen LogP contribution in [0.4, 0.5) is 5.82 Å². The molecule has 1 aliphatic heterocycles. The van der Waals surface area contributed by atoms with Crippen LogP contribution in [0.2, 0.25) is 0 Å². The van der Waals surface area contributed by atoms with E-state index in [0.717, 1.165) is 66.7 Å². The van der Waals surface area contributed by atoms with E-state index in [1.165, 1.54) is 5.56 Å². The van der Waals surface area contributed by atoms with Crippen LogP contribution in [0.3, 0.4) is 0 Å². The number of nitrogens with two attached hydrogens (primary N) is 1. The Morgan fingerprint density at radius 3 is 2.20 bits per heavy atom. The zero-order valence-corrected chi connectivity index (χ0v) is 22.0. The average Bonchev–Trinajstić information content (AvgIpc) is 3.23. The number of benzene rings is 1. The Hall–Kier alpha value is -3.29. The van der Waals surface area contributed by atoms with E-state index in [4.69, 9.17) is 15.7 Å². The van der Waals surface area contributed by atoms with Crippen molar-refractivity contribution in [2.24, 2.45) is 0 Å². The Kier molecular flexibility index (Phi) is 9.34. The lowest BCUT2D eigenvalue weighted by Crippen LogP contribution is -2.43. The Bertz CT molecular complexity index is 1210. The minimum absolute atomic E-state index is 0.486. The molecule has 1 saturated heterocycles. The van der Waals surface area contributed by atoms with Crippen molar-refractivity contribution < 1.29 is 0 Å². The Labute approximate surface area is 209 Å². The average molecular weight is 474 g/mol. The Morgan fingerprint density at radius 1 is 0.857 bits per heavy atom. The number of nitrogens with zero attached hydrogens (tertiary/aromatic N) is 6. The highest BCUT2D eigenvalue weighted by atomic mass is 15.2. The molecule has 7 heteroatoms. The number of nitrogen functional groups attached to an aromatic ring is 1. The number of rotatable bonds is 4. The number of fused-ring (bicyclic) bond motifs is 1. The second-order valence-electron chi connectivity index (χ2n) is 8.25. The topological polar surface area (TPSA) is 76.1 Å². The van der Waals surface area contributed by atoms with Crippen LogP contribution in [0.15, 0.2) is 54.7 Å². The highest BCUT2D eigenvalue weighted by Gasteiger charge is 2.15. The van der Waals surface area contributed by atoms with Gasteiger partial charge in [0.1, 0.15) is 17.2 Å². The van der Waals surface area contributed by atoms with Crippen molar-refractivity contribution in [3.05, 3.63) is 66.1 Å². The fourth-order valence-corrected chi connectivity index (χ4v) is 4.16. The molecular formula is C28H39N7. The van der Waals surface area contributed by atoms with Crippen molar-refractivity contribution >= 4 is 17.0 Å². The van der Waals surface area contributed by atoms with E-state index >= 15 is 0 Å². The summed E-state index contributed by atoms with van der Waals surface area (Å²) in [7, 11) is 2.19. The largest absolute Gasteiger partial charge is 0.384 e. The van der Waals surface area contributed by atoms with Gasteiger partial charge >= 0.3 is 0 Å². The summed E-state index contributed by atoms with van der Waals surface area (Å²) in [6.07, 6.45) is 1.71. The molecular weight excluding hydrogens is 434 g/mol. The summed E-state index contributed by atoms with van der Waals surface area (Å²) < 4.78 is 2.11. The van der Waals surface area contributed by atoms with Gasteiger partial charge in [-0.2, -0.15) is 0 Å². The van der Waals surface area contributed by atoms with Crippen LogP contribution in [-0.2, 0) is 6.54 Å². The highest BCUT2D eigenvalue weighted by Crippen LogP contribution is 2.25. The monoisotopic (exact) mass is 473 g/mol. The van der Waals surface area contributed by atoms with Crippen molar-refractivity contribution in [2.75, 3.05) is 39.0 Å². The minimum atomic E-state index is 0.486. The molecule has 1 fully saturated rings. The molecule has 0 unspecified atom stereocenters. The summed E-state index contributed by atoms with van der Waals surface area (Å²) in [6.45, 7) is 15.5. The van der Waals surface area contributed by atoms with Crippen LogP contribution < -0.4 is 5.73 Å². The van der Waals surface area contributed by atoms with E-state index < -0.39 is 0 Å².